The molecule has 0 spiro atoms. The first kappa shape index (κ1) is 24.0. The first-order chi connectivity index (χ1) is 15.6. The van der Waals surface area contributed by atoms with Crippen molar-refractivity contribution in [3.8, 4) is 11.9 Å². The summed E-state index contributed by atoms with van der Waals surface area (Å²) in [6.07, 6.45) is -1.97. The van der Waals surface area contributed by atoms with E-state index in [1.807, 2.05) is 11.0 Å². The number of carbonyl (C=O) groups excluding carboxylic acids is 1. The van der Waals surface area contributed by atoms with Gasteiger partial charge in [0.05, 0.1) is 30.8 Å². The molecule has 2 aliphatic heterocycles. The van der Waals surface area contributed by atoms with Gasteiger partial charge in [0.1, 0.15) is 11.8 Å². The predicted molar refractivity (Wildman–Crippen MR) is 104 cm³/mol. The standard InChI is InChI=1S/C18H19N5O3.C2HF3O2/c1-22-15(4-5-21-22)17(24)23-8-14-9-25-11-18(14,10-23)12-26-16-3-2-13(6-19)7-20-16;3-2(4,5)1(6)7/h2-5,7,14H,8-12H2,1H3;(H,6,7)/t14-,18+;/m1./s1. The van der Waals surface area contributed by atoms with E-state index in [2.05, 4.69) is 10.1 Å². The lowest BCUT2D eigenvalue weighted by atomic mass is 9.82. The van der Waals surface area contributed by atoms with Crippen LogP contribution in [0.2, 0.25) is 0 Å². The summed E-state index contributed by atoms with van der Waals surface area (Å²) in [6, 6.07) is 7.13. The van der Waals surface area contributed by atoms with Crippen LogP contribution in [0.1, 0.15) is 16.1 Å². The number of hydrogen-bond acceptors (Lipinski definition) is 7. The van der Waals surface area contributed by atoms with Crippen molar-refractivity contribution in [2.75, 3.05) is 32.9 Å². The number of pyridine rings is 1. The molecule has 0 unspecified atom stereocenters. The molecule has 0 saturated carbocycles. The number of carbonyl (C=O) groups is 2. The lowest BCUT2D eigenvalue weighted by molar-refractivity contribution is -0.192. The Morgan fingerprint density at radius 1 is 1.39 bits per heavy atom. The van der Waals surface area contributed by atoms with Gasteiger partial charge in [0.2, 0.25) is 5.88 Å². The van der Waals surface area contributed by atoms with Crippen LogP contribution < -0.4 is 4.74 Å². The van der Waals surface area contributed by atoms with E-state index in [9.17, 15) is 18.0 Å². The molecule has 0 bridgehead atoms. The van der Waals surface area contributed by atoms with Crippen LogP contribution >= 0.6 is 0 Å². The van der Waals surface area contributed by atoms with E-state index >= 15 is 0 Å². The Morgan fingerprint density at radius 3 is 2.67 bits per heavy atom. The van der Waals surface area contributed by atoms with E-state index in [-0.39, 0.29) is 17.2 Å². The molecule has 0 aliphatic carbocycles. The second-order valence-electron chi connectivity index (χ2n) is 7.69. The van der Waals surface area contributed by atoms with Crippen molar-refractivity contribution in [1.82, 2.24) is 19.7 Å². The third-order valence-corrected chi connectivity index (χ3v) is 5.46. The Bertz CT molecular complexity index is 1050. The summed E-state index contributed by atoms with van der Waals surface area (Å²) in [5, 5.41) is 20.0. The first-order valence-corrected chi connectivity index (χ1v) is 9.70. The zero-order valence-corrected chi connectivity index (χ0v) is 17.4. The SMILES string of the molecule is Cn1nccc1C(=O)N1C[C@@H]2COC[C@]2(COc2ccc(C#N)cn2)C1.O=C(O)C(F)(F)F. The molecular formula is C20H20F3N5O5. The molecule has 0 radical (unpaired) electrons. The Morgan fingerprint density at radius 2 is 2.12 bits per heavy atom. The number of carboxylic acids is 1. The van der Waals surface area contributed by atoms with Gasteiger partial charge in [-0.15, -0.1) is 0 Å². The smallest absolute Gasteiger partial charge is 0.477 e. The number of amides is 1. The number of likely N-dealkylation sites (tertiary alicyclic amines) is 1. The maximum absolute atomic E-state index is 12.8. The average Bonchev–Trinajstić information content (AvgIpc) is 3.46. The van der Waals surface area contributed by atoms with Crippen molar-refractivity contribution in [3.63, 3.8) is 0 Å². The number of hydrogen-bond donors (Lipinski definition) is 1. The summed E-state index contributed by atoms with van der Waals surface area (Å²) in [5.41, 5.74) is 0.839. The van der Waals surface area contributed by atoms with Gasteiger partial charge >= 0.3 is 12.1 Å². The van der Waals surface area contributed by atoms with Crippen LogP contribution in [0.3, 0.4) is 0 Å². The third kappa shape index (κ3) is 5.40. The zero-order valence-electron chi connectivity index (χ0n) is 17.4. The molecule has 0 aromatic carbocycles. The molecule has 2 aliphatic rings. The maximum atomic E-state index is 12.8. The molecule has 1 N–H and O–H groups in total. The van der Waals surface area contributed by atoms with Gasteiger partial charge < -0.3 is 19.5 Å². The Balaban J connectivity index is 0.000000383. The van der Waals surface area contributed by atoms with Crippen molar-refractivity contribution in [3.05, 3.63) is 41.9 Å². The largest absolute Gasteiger partial charge is 0.490 e. The minimum Gasteiger partial charge on any atom is -0.477 e. The molecular weight excluding hydrogens is 447 g/mol. The second kappa shape index (κ2) is 9.45. The summed E-state index contributed by atoms with van der Waals surface area (Å²) in [6.45, 7) is 2.83. The lowest BCUT2D eigenvalue weighted by Gasteiger charge is -2.26. The fourth-order valence-corrected chi connectivity index (χ4v) is 3.69. The number of ether oxygens (including phenoxy) is 2. The quantitative estimate of drug-likeness (QED) is 0.716. The second-order valence-corrected chi connectivity index (χ2v) is 7.69. The van der Waals surface area contributed by atoms with Crippen LogP contribution in [0, 0.1) is 22.7 Å². The summed E-state index contributed by atoms with van der Waals surface area (Å²) in [4.78, 5) is 27.7. The van der Waals surface area contributed by atoms with Gasteiger partial charge in [-0.25, -0.2) is 9.78 Å². The van der Waals surface area contributed by atoms with Gasteiger partial charge in [0, 0.05) is 44.5 Å². The molecule has 176 valence electrons. The van der Waals surface area contributed by atoms with Crippen molar-refractivity contribution < 1.29 is 37.3 Å². The van der Waals surface area contributed by atoms with Gasteiger partial charge in [-0.2, -0.15) is 23.5 Å². The van der Waals surface area contributed by atoms with Crippen molar-refractivity contribution in [2.24, 2.45) is 18.4 Å². The van der Waals surface area contributed by atoms with Gasteiger partial charge in [0.15, 0.2) is 0 Å². The molecule has 2 atom stereocenters. The summed E-state index contributed by atoms with van der Waals surface area (Å²) < 4.78 is 44.9. The highest BCUT2D eigenvalue weighted by Gasteiger charge is 2.52. The van der Waals surface area contributed by atoms with E-state index in [4.69, 9.17) is 24.6 Å². The van der Waals surface area contributed by atoms with Gasteiger partial charge in [-0.1, -0.05) is 0 Å². The van der Waals surface area contributed by atoms with E-state index in [0.29, 0.717) is 50.0 Å². The normalized spacial score (nSPS) is 21.5. The van der Waals surface area contributed by atoms with Gasteiger partial charge in [-0.05, 0) is 12.1 Å². The summed E-state index contributed by atoms with van der Waals surface area (Å²) in [5.74, 6) is -2.07. The fourth-order valence-electron chi connectivity index (χ4n) is 3.69. The number of carboxylic acid groups (broad SMARTS) is 1. The van der Waals surface area contributed by atoms with Crippen LogP contribution in [-0.2, 0) is 16.6 Å². The molecule has 2 aromatic heterocycles. The monoisotopic (exact) mass is 467 g/mol. The van der Waals surface area contributed by atoms with E-state index < -0.39 is 12.1 Å². The van der Waals surface area contributed by atoms with Crippen LogP contribution in [0.15, 0.2) is 30.6 Å². The van der Waals surface area contributed by atoms with Crippen molar-refractivity contribution in [2.45, 2.75) is 6.18 Å². The predicted octanol–water partition coefficient (Wildman–Crippen LogP) is 1.49. The molecule has 2 saturated heterocycles. The van der Waals surface area contributed by atoms with E-state index in [1.165, 1.54) is 6.20 Å². The molecule has 4 rings (SSSR count). The molecule has 1 amide bonds. The van der Waals surface area contributed by atoms with Gasteiger partial charge in [-0.3, -0.25) is 9.48 Å². The highest BCUT2D eigenvalue weighted by molar-refractivity contribution is 5.92. The summed E-state index contributed by atoms with van der Waals surface area (Å²) in [7, 11) is 1.77. The highest BCUT2D eigenvalue weighted by Crippen LogP contribution is 2.42. The summed E-state index contributed by atoms with van der Waals surface area (Å²) >= 11 is 0. The molecule has 2 fully saturated rings. The fraction of sp³-hybridized carbons (Fsp3) is 0.450. The topological polar surface area (TPSA) is 131 Å². The minimum atomic E-state index is -5.08. The number of alkyl halides is 3. The highest BCUT2D eigenvalue weighted by atomic mass is 19.4. The van der Waals surface area contributed by atoms with Crippen LogP contribution in [0.25, 0.3) is 0 Å². The number of aromatic nitrogens is 3. The number of nitriles is 1. The van der Waals surface area contributed by atoms with Gasteiger partial charge in [0.25, 0.3) is 5.91 Å². The lowest BCUT2D eigenvalue weighted by Crippen LogP contribution is -2.38. The Labute approximate surface area is 186 Å². The number of aliphatic carboxylic acids is 1. The maximum Gasteiger partial charge on any atom is 0.490 e. The van der Waals surface area contributed by atoms with Crippen molar-refractivity contribution >= 4 is 11.9 Å². The van der Waals surface area contributed by atoms with Crippen LogP contribution in [0.4, 0.5) is 13.2 Å². The molecule has 13 heteroatoms. The number of halogens is 3. The zero-order chi connectivity index (χ0) is 24.2. The first-order valence-electron chi connectivity index (χ1n) is 9.70. The third-order valence-electron chi connectivity index (χ3n) is 5.46. The number of fused-ring (bicyclic) bond motifs is 1. The van der Waals surface area contributed by atoms with Crippen molar-refractivity contribution in [1.29, 1.82) is 5.26 Å². The number of rotatable bonds is 4. The number of nitrogens with zero attached hydrogens (tertiary/aromatic N) is 5. The molecule has 33 heavy (non-hydrogen) atoms. The minimum absolute atomic E-state index is 0.0183. The van der Waals surface area contributed by atoms with E-state index in [1.54, 1.807) is 36.1 Å². The molecule has 4 heterocycles. The number of aryl methyl sites for hydroxylation is 1. The average molecular weight is 467 g/mol. The van der Waals surface area contributed by atoms with Crippen LogP contribution in [0.5, 0.6) is 5.88 Å². The Kier molecular flexibility index (Phi) is 6.87. The molecule has 2 aromatic rings. The molecule has 10 nitrogen and oxygen atoms in total. The van der Waals surface area contributed by atoms with E-state index in [0.717, 1.165) is 0 Å². The van der Waals surface area contributed by atoms with Crippen LogP contribution in [-0.4, -0.2) is 75.7 Å². The Hall–Kier alpha value is -3.66.